The number of aliphatic hydroxyl groups is 1. The minimum Gasteiger partial charge on any atom is -0.390 e. The maximum atomic E-state index is 13.5. The molecule has 0 amide bonds. The number of alkyl halides is 3. The van der Waals surface area contributed by atoms with Crippen molar-refractivity contribution in [2.75, 3.05) is 11.9 Å². The minimum absolute atomic E-state index is 0.270. The number of halogens is 4. The van der Waals surface area contributed by atoms with E-state index in [0.717, 1.165) is 28.0 Å². The van der Waals surface area contributed by atoms with Gasteiger partial charge in [0.1, 0.15) is 0 Å². The van der Waals surface area contributed by atoms with Crippen LogP contribution in [0.5, 0.6) is 0 Å². The molecule has 172 valence electrons. The Hall–Kier alpha value is -3.08. The number of benzene rings is 2. The molecular formula is C23H20F4N4OS. The molecule has 0 saturated heterocycles. The van der Waals surface area contributed by atoms with E-state index in [2.05, 4.69) is 15.3 Å². The SMILES string of the molecule is N[C@@H](CNc1nc(CO)c(-c2ccc3cnc(F)cc3c2)s1)Cc1ccc(C(F)(F)F)cc1. The van der Waals surface area contributed by atoms with Crippen LogP contribution in [-0.2, 0) is 19.2 Å². The third kappa shape index (κ3) is 5.47. The number of rotatable bonds is 7. The summed E-state index contributed by atoms with van der Waals surface area (Å²) in [5, 5.41) is 14.9. The number of aliphatic hydroxyl groups excluding tert-OH is 1. The summed E-state index contributed by atoms with van der Waals surface area (Å²) in [6.45, 7) is 0.0707. The quantitative estimate of drug-likeness (QED) is 0.259. The molecule has 33 heavy (non-hydrogen) atoms. The van der Waals surface area contributed by atoms with Gasteiger partial charge < -0.3 is 16.2 Å². The average molecular weight is 476 g/mol. The van der Waals surface area contributed by atoms with Crippen molar-refractivity contribution in [1.82, 2.24) is 9.97 Å². The van der Waals surface area contributed by atoms with Gasteiger partial charge in [0.15, 0.2) is 5.13 Å². The number of fused-ring (bicyclic) bond motifs is 1. The van der Waals surface area contributed by atoms with E-state index in [1.807, 2.05) is 18.2 Å². The van der Waals surface area contributed by atoms with Crippen molar-refractivity contribution in [3.8, 4) is 10.4 Å². The summed E-state index contributed by atoms with van der Waals surface area (Å²) in [6.07, 6.45) is -2.52. The van der Waals surface area contributed by atoms with Crippen molar-refractivity contribution in [1.29, 1.82) is 0 Å². The maximum absolute atomic E-state index is 13.5. The predicted octanol–water partition coefficient (Wildman–Crippen LogP) is 4.99. The van der Waals surface area contributed by atoms with E-state index in [1.165, 1.54) is 35.7 Å². The zero-order valence-corrected chi connectivity index (χ0v) is 18.1. The Morgan fingerprint density at radius 3 is 2.52 bits per heavy atom. The van der Waals surface area contributed by atoms with E-state index in [-0.39, 0.29) is 12.6 Å². The topological polar surface area (TPSA) is 84.1 Å². The molecule has 4 aromatic rings. The zero-order chi connectivity index (χ0) is 23.6. The number of nitrogens with one attached hydrogen (secondary N) is 1. The molecule has 0 aliphatic rings. The highest BCUT2D eigenvalue weighted by atomic mass is 32.1. The van der Waals surface area contributed by atoms with Gasteiger partial charge in [-0.2, -0.15) is 17.6 Å². The van der Waals surface area contributed by atoms with E-state index in [0.29, 0.717) is 34.7 Å². The minimum atomic E-state index is -4.37. The highest BCUT2D eigenvalue weighted by Gasteiger charge is 2.30. The number of aromatic nitrogens is 2. The van der Waals surface area contributed by atoms with Gasteiger partial charge in [-0.15, -0.1) is 0 Å². The molecule has 0 unspecified atom stereocenters. The maximum Gasteiger partial charge on any atom is 0.416 e. The van der Waals surface area contributed by atoms with Crippen LogP contribution >= 0.6 is 11.3 Å². The molecule has 0 aliphatic heterocycles. The van der Waals surface area contributed by atoms with Gasteiger partial charge in [0, 0.05) is 30.2 Å². The largest absolute Gasteiger partial charge is 0.416 e. The molecule has 10 heteroatoms. The monoisotopic (exact) mass is 476 g/mol. The first-order chi connectivity index (χ1) is 15.7. The second-order valence-electron chi connectivity index (χ2n) is 7.56. The Bertz CT molecular complexity index is 1260. The molecule has 0 fully saturated rings. The normalized spacial score (nSPS) is 12.8. The molecule has 4 rings (SSSR count). The summed E-state index contributed by atoms with van der Waals surface area (Å²) in [6, 6.07) is 11.4. The van der Waals surface area contributed by atoms with Gasteiger partial charge in [0.2, 0.25) is 5.95 Å². The van der Waals surface area contributed by atoms with Crippen molar-refractivity contribution in [2.24, 2.45) is 5.73 Å². The molecule has 0 aliphatic carbocycles. The zero-order valence-electron chi connectivity index (χ0n) is 17.2. The van der Waals surface area contributed by atoms with Gasteiger partial charge in [-0.3, -0.25) is 0 Å². The highest BCUT2D eigenvalue weighted by molar-refractivity contribution is 7.19. The highest BCUT2D eigenvalue weighted by Crippen LogP contribution is 2.35. The number of pyridine rings is 1. The standard InChI is InChI=1S/C23H20F4N4OS/c24-20-9-16-8-14(3-4-15(16)10-29-20)21-19(12-32)31-22(33-21)30-11-18(28)7-13-1-5-17(6-2-13)23(25,26)27/h1-6,8-10,18,32H,7,11-12,28H2,(H,30,31)/t18-/m1/s1. The summed E-state index contributed by atoms with van der Waals surface area (Å²) in [5.74, 6) is -0.573. The van der Waals surface area contributed by atoms with Crippen LogP contribution in [0.2, 0.25) is 0 Å². The van der Waals surface area contributed by atoms with Crippen LogP contribution in [0.3, 0.4) is 0 Å². The number of hydrogen-bond acceptors (Lipinski definition) is 6. The fraction of sp³-hybridized carbons (Fsp3) is 0.217. The summed E-state index contributed by atoms with van der Waals surface area (Å²) in [7, 11) is 0. The Morgan fingerprint density at radius 1 is 1.06 bits per heavy atom. The fourth-order valence-electron chi connectivity index (χ4n) is 3.44. The van der Waals surface area contributed by atoms with Crippen LogP contribution in [0.15, 0.2) is 54.7 Å². The number of hydrogen-bond donors (Lipinski definition) is 3. The number of nitrogens with zero attached hydrogens (tertiary/aromatic N) is 2. The van der Waals surface area contributed by atoms with Crippen LogP contribution in [0, 0.1) is 5.95 Å². The molecule has 2 heterocycles. The van der Waals surface area contributed by atoms with Gasteiger partial charge >= 0.3 is 6.18 Å². The lowest BCUT2D eigenvalue weighted by Gasteiger charge is -2.13. The Morgan fingerprint density at radius 2 is 1.82 bits per heavy atom. The summed E-state index contributed by atoms with van der Waals surface area (Å²) < 4.78 is 51.6. The van der Waals surface area contributed by atoms with Gasteiger partial charge in [-0.25, -0.2) is 9.97 Å². The van der Waals surface area contributed by atoms with E-state index >= 15 is 0 Å². The summed E-state index contributed by atoms with van der Waals surface area (Å²) in [4.78, 5) is 8.80. The molecule has 1 atom stereocenters. The molecule has 0 bridgehead atoms. The van der Waals surface area contributed by atoms with E-state index in [9.17, 15) is 22.7 Å². The molecule has 0 spiro atoms. The van der Waals surface area contributed by atoms with Crippen LogP contribution in [0.1, 0.15) is 16.8 Å². The first-order valence-corrected chi connectivity index (χ1v) is 10.9. The second kappa shape index (κ2) is 9.42. The van der Waals surface area contributed by atoms with E-state index in [4.69, 9.17) is 5.73 Å². The number of thiazole rings is 1. The Kier molecular flexibility index (Phi) is 6.59. The van der Waals surface area contributed by atoms with Crippen molar-refractivity contribution < 1.29 is 22.7 Å². The Labute approximate surface area is 190 Å². The predicted molar refractivity (Wildman–Crippen MR) is 120 cm³/mol. The third-order valence-electron chi connectivity index (χ3n) is 5.09. The van der Waals surface area contributed by atoms with E-state index in [1.54, 1.807) is 0 Å². The molecule has 0 saturated carbocycles. The van der Waals surface area contributed by atoms with Crippen LogP contribution < -0.4 is 11.1 Å². The van der Waals surface area contributed by atoms with Crippen LogP contribution in [0.4, 0.5) is 22.7 Å². The average Bonchev–Trinajstić information content (AvgIpc) is 3.20. The van der Waals surface area contributed by atoms with Crippen LogP contribution in [0.25, 0.3) is 21.2 Å². The van der Waals surface area contributed by atoms with Crippen molar-refractivity contribution in [3.05, 3.63) is 77.5 Å². The van der Waals surface area contributed by atoms with Crippen molar-refractivity contribution in [3.63, 3.8) is 0 Å². The molecule has 4 N–H and O–H groups in total. The molecular weight excluding hydrogens is 456 g/mol. The molecule has 2 aromatic heterocycles. The van der Waals surface area contributed by atoms with Gasteiger partial charge in [0.25, 0.3) is 0 Å². The Balaban J connectivity index is 1.44. The molecule has 0 radical (unpaired) electrons. The van der Waals surface area contributed by atoms with E-state index < -0.39 is 17.7 Å². The van der Waals surface area contributed by atoms with Crippen LogP contribution in [-0.4, -0.2) is 27.7 Å². The fourth-order valence-corrected chi connectivity index (χ4v) is 4.42. The first kappa shape index (κ1) is 23.1. The molecule has 5 nitrogen and oxygen atoms in total. The van der Waals surface area contributed by atoms with Crippen molar-refractivity contribution in [2.45, 2.75) is 25.2 Å². The number of nitrogens with two attached hydrogens (primary N) is 1. The first-order valence-electron chi connectivity index (χ1n) is 10.0. The van der Waals surface area contributed by atoms with Crippen molar-refractivity contribution >= 4 is 27.2 Å². The lowest BCUT2D eigenvalue weighted by molar-refractivity contribution is -0.137. The van der Waals surface area contributed by atoms with Gasteiger partial charge in [-0.05, 0) is 41.1 Å². The lowest BCUT2D eigenvalue weighted by Crippen LogP contribution is -2.31. The van der Waals surface area contributed by atoms with Gasteiger partial charge in [-0.1, -0.05) is 35.6 Å². The lowest BCUT2D eigenvalue weighted by atomic mass is 10.0. The summed E-state index contributed by atoms with van der Waals surface area (Å²) >= 11 is 1.33. The number of anilines is 1. The summed E-state index contributed by atoms with van der Waals surface area (Å²) in [5.41, 5.74) is 7.41. The molecule has 2 aromatic carbocycles. The third-order valence-corrected chi connectivity index (χ3v) is 6.20. The van der Waals surface area contributed by atoms with Gasteiger partial charge in [0.05, 0.1) is 22.7 Å². The smallest absolute Gasteiger partial charge is 0.390 e. The second-order valence-corrected chi connectivity index (χ2v) is 8.56.